The monoisotopic (exact) mass is 252 g/mol. The van der Waals surface area contributed by atoms with E-state index in [4.69, 9.17) is 14.6 Å². The largest absolute Gasteiger partial charge is 0.493 e. The number of carboxylic acids is 1. The molecule has 0 aromatic heterocycles. The van der Waals surface area contributed by atoms with Crippen molar-refractivity contribution >= 4 is 5.97 Å². The molecule has 18 heavy (non-hydrogen) atoms. The zero-order valence-corrected chi connectivity index (χ0v) is 10.7. The van der Waals surface area contributed by atoms with Gasteiger partial charge >= 0.3 is 5.97 Å². The molecule has 0 saturated heterocycles. The third-order valence-corrected chi connectivity index (χ3v) is 2.61. The van der Waals surface area contributed by atoms with Crippen LogP contribution in [0.2, 0.25) is 0 Å². The van der Waals surface area contributed by atoms with E-state index in [0.29, 0.717) is 6.61 Å². The molecule has 0 unspecified atom stereocenters. The fourth-order valence-electron chi connectivity index (χ4n) is 1.65. The number of para-hydroxylation sites is 2. The highest BCUT2D eigenvalue weighted by molar-refractivity contribution is 5.66. The van der Waals surface area contributed by atoms with Crippen LogP contribution in [0.4, 0.5) is 0 Å². The number of rotatable bonds is 9. The van der Waals surface area contributed by atoms with Crippen molar-refractivity contribution in [3.63, 3.8) is 0 Å². The van der Waals surface area contributed by atoms with E-state index in [9.17, 15) is 4.79 Å². The summed E-state index contributed by atoms with van der Waals surface area (Å²) in [5, 5.41) is 8.48. The van der Waals surface area contributed by atoms with E-state index in [1.807, 2.05) is 24.3 Å². The van der Waals surface area contributed by atoms with Crippen molar-refractivity contribution in [2.24, 2.45) is 0 Å². The Bertz CT molecular complexity index is 363. The second-order valence-corrected chi connectivity index (χ2v) is 4.06. The third-order valence-electron chi connectivity index (χ3n) is 2.61. The Morgan fingerprint density at radius 1 is 1.11 bits per heavy atom. The zero-order chi connectivity index (χ0) is 13.2. The van der Waals surface area contributed by atoms with Crippen molar-refractivity contribution in [1.29, 1.82) is 0 Å². The first-order chi connectivity index (χ1) is 8.74. The van der Waals surface area contributed by atoms with E-state index in [2.05, 4.69) is 0 Å². The van der Waals surface area contributed by atoms with E-state index in [1.165, 1.54) is 0 Å². The molecule has 1 N–H and O–H groups in total. The number of hydrogen-bond acceptors (Lipinski definition) is 3. The second-order valence-electron chi connectivity index (χ2n) is 4.06. The fraction of sp³-hybridized carbons (Fsp3) is 0.500. The number of benzene rings is 1. The highest BCUT2D eigenvalue weighted by Crippen LogP contribution is 2.25. The van der Waals surface area contributed by atoms with Crippen LogP contribution in [0.15, 0.2) is 24.3 Å². The van der Waals surface area contributed by atoms with E-state index >= 15 is 0 Å². The molecule has 0 heterocycles. The molecule has 0 amide bonds. The number of hydrogen-bond donors (Lipinski definition) is 1. The van der Waals surface area contributed by atoms with Crippen LogP contribution in [0.5, 0.6) is 11.5 Å². The van der Waals surface area contributed by atoms with Crippen LogP contribution < -0.4 is 9.47 Å². The smallest absolute Gasteiger partial charge is 0.303 e. The van der Waals surface area contributed by atoms with Crippen LogP contribution in [0.3, 0.4) is 0 Å². The van der Waals surface area contributed by atoms with Crippen molar-refractivity contribution in [3.05, 3.63) is 24.3 Å². The molecule has 0 bridgehead atoms. The van der Waals surface area contributed by atoms with Gasteiger partial charge in [-0.15, -0.1) is 0 Å². The number of unbranched alkanes of at least 4 members (excludes halogenated alkanes) is 3. The highest BCUT2D eigenvalue weighted by Gasteiger charge is 2.02. The standard InChI is InChI=1S/C14H20O4/c1-17-12-8-5-6-9-13(12)18-11-7-3-2-4-10-14(15)16/h5-6,8-9H,2-4,7,10-11H2,1H3,(H,15,16). The Hall–Kier alpha value is -1.71. The summed E-state index contributed by atoms with van der Waals surface area (Å²) in [6, 6.07) is 7.55. The van der Waals surface area contributed by atoms with Crippen molar-refractivity contribution in [2.75, 3.05) is 13.7 Å². The molecule has 0 spiro atoms. The summed E-state index contributed by atoms with van der Waals surface area (Å²) in [6.07, 6.45) is 3.85. The second kappa shape index (κ2) is 8.39. The van der Waals surface area contributed by atoms with Crippen LogP contribution in [-0.4, -0.2) is 24.8 Å². The lowest BCUT2D eigenvalue weighted by atomic mass is 10.1. The van der Waals surface area contributed by atoms with Crippen molar-refractivity contribution < 1.29 is 19.4 Å². The number of ether oxygens (including phenoxy) is 2. The fourth-order valence-corrected chi connectivity index (χ4v) is 1.65. The van der Waals surface area contributed by atoms with Gasteiger partial charge in [-0.1, -0.05) is 25.0 Å². The minimum Gasteiger partial charge on any atom is -0.493 e. The molecule has 1 aromatic rings. The number of carbonyl (C=O) groups is 1. The SMILES string of the molecule is COc1ccccc1OCCCCCCC(=O)O. The van der Waals surface area contributed by atoms with Gasteiger partial charge in [0, 0.05) is 6.42 Å². The molecule has 0 aliphatic carbocycles. The maximum atomic E-state index is 10.3. The van der Waals surface area contributed by atoms with Gasteiger partial charge in [-0.2, -0.15) is 0 Å². The normalized spacial score (nSPS) is 10.1. The first-order valence-electron chi connectivity index (χ1n) is 6.21. The number of methoxy groups -OCH3 is 1. The van der Waals surface area contributed by atoms with Crippen molar-refractivity contribution in [3.8, 4) is 11.5 Å². The molecule has 0 aliphatic heterocycles. The molecule has 0 saturated carbocycles. The average molecular weight is 252 g/mol. The first kappa shape index (κ1) is 14.4. The van der Waals surface area contributed by atoms with Gasteiger partial charge in [-0.3, -0.25) is 4.79 Å². The molecule has 0 atom stereocenters. The maximum absolute atomic E-state index is 10.3. The molecule has 1 aromatic carbocycles. The lowest BCUT2D eigenvalue weighted by Gasteiger charge is -2.09. The van der Waals surface area contributed by atoms with Crippen molar-refractivity contribution in [1.82, 2.24) is 0 Å². The maximum Gasteiger partial charge on any atom is 0.303 e. The van der Waals surface area contributed by atoms with Gasteiger partial charge in [0.15, 0.2) is 11.5 Å². The predicted octanol–water partition coefficient (Wildman–Crippen LogP) is 3.11. The summed E-state index contributed by atoms with van der Waals surface area (Å²) in [4.78, 5) is 10.3. The van der Waals surface area contributed by atoms with Crippen molar-refractivity contribution in [2.45, 2.75) is 32.1 Å². The number of aliphatic carboxylic acids is 1. The van der Waals surface area contributed by atoms with Gasteiger partial charge in [0.1, 0.15) is 0 Å². The molecule has 0 aliphatic rings. The molecular weight excluding hydrogens is 232 g/mol. The Morgan fingerprint density at radius 3 is 2.44 bits per heavy atom. The van der Waals surface area contributed by atoms with E-state index in [-0.39, 0.29) is 6.42 Å². The Labute approximate surface area is 108 Å². The zero-order valence-electron chi connectivity index (χ0n) is 10.7. The minimum atomic E-state index is -0.722. The van der Waals surface area contributed by atoms with Crippen LogP contribution in [0.1, 0.15) is 32.1 Å². The molecular formula is C14H20O4. The van der Waals surface area contributed by atoms with E-state index in [0.717, 1.165) is 37.2 Å². The van der Waals surface area contributed by atoms with Gasteiger partial charge in [0.05, 0.1) is 13.7 Å². The highest BCUT2D eigenvalue weighted by atomic mass is 16.5. The lowest BCUT2D eigenvalue weighted by Crippen LogP contribution is -1.99. The molecule has 100 valence electrons. The summed E-state index contributed by atoms with van der Waals surface area (Å²) < 4.78 is 10.8. The molecule has 1 rings (SSSR count). The quantitative estimate of drug-likeness (QED) is 0.686. The minimum absolute atomic E-state index is 0.257. The van der Waals surface area contributed by atoms with Crippen LogP contribution >= 0.6 is 0 Å². The number of carboxylic acid groups (broad SMARTS) is 1. The topological polar surface area (TPSA) is 55.8 Å². The summed E-state index contributed by atoms with van der Waals surface area (Å²) in [5.74, 6) is 0.772. The summed E-state index contributed by atoms with van der Waals surface area (Å²) >= 11 is 0. The third kappa shape index (κ3) is 5.57. The molecule has 0 radical (unpaired) electrons. The Morgan fingerprint density at radius 2 is 1.78 bits per heavy atom. The average Bonchev–Trinajstić information content (AvgIpc) is 2.37. The molecule has 4 nitrogen and oxygen atoms in total. The van der Waals surface area contributed by atoms with Gasteiger partial charge in [-0.05, 0) is 25.0 Å². The summed E-state index contributed by atoms with van der Waals surface area (Å²) in [5.41, 5.74) is 0. The first-order valence-corrected chi connectivity index (χ1v) is 6.21. The lowest BCUT2D eigenvalue weighted by molar-refractivity contribution is -0.137. The van der Waals surface area contributed by atoms with E-state index < -0.39 is 5.97 Å². The Balaban J connectivity index is 2.12. The summed E-state index contributed by atoms with van der Waals surface area (Å²) in [6.45, 7) is 0.632. The van der Waals surface area contributed by atoms with Crippen LogP contribution in [0, 0.1) is 0 Å². The van der Waals surface area contributed by atoms with Gasteiger partial charge in [0.2, 0.25) is 0 Å². The van der Waals surface area contributed by atoms with Gasteiger partial charge < -0.3 is 14.6 Å². The van der Waals surface area contributed by atoms with E-state index in [1.54, 1.807) is 7.11 Å². The predicted molar refractivity (Wildman–Crippen MR) is 69.2 cm³/mol. The van der Waals surface area contributed by atoms with Crippen LogP contribution in [-0.2, 0) is 4.79 Å². The molecule has 0 fully saturated rings. The van der Waals surface area contributed by atoms with Gasteiger partial charge in [0.25, 0.3) is 0 Å². The van der Waals surface area contributed by atoms with Gasteiger partial charge in [-0.25, -0.2) is 0 Å². The molecule has 4 heteroatoms. The van der Waals surface area contributed by atoms with Crippen LogP contribution in [0.25, 0.3) is 0 Å². The Kier molecular flexibility index (Phi) is 6.69. The summed E-state index contributed by atoms with van der Waals surface area (Å²) in [7, 11) is 1.62.